The van der Waals surface area contributed by atoms with Crippen molar-refractivity contribution < 1.29 is 18.9 Å². The maximum Gasteiger partial charge on any atom is 0.231 e. The Morgan fingerprint density at radius 1 is 0.720 bits per heavy atom. The molecule has 2 aliphatic rings. The zero-order chi connectivity index (χ0) is 17.1. The Labute approximate surface area is 149 Å². The van der Waals surface area contributed by atoms with Crippen LogP contribution in [0.4, 0.5) is 0 Å². The number of hydrogen-bond acceptors (Lipinski definition) is 4. The van der Waals surface area contributed by atoms with Gasteiger partial charge in [0, 0.05) is 5.39 Å². The van der Waals surface area contributed by atoms with Crippen LogP contribution in [0, 0.1) is 13.8 Å². The van der Waals surface area contributed by atoms with Crippen LogP contribution in [-0.2, 0) is 0 Å². The summed E-state index contributed by atoms with van der Waals surface area (Å²) < 4.78 is 22.1. The average molecular weight is 355 g/mol. The molecule has 0 aliphatic carbocycles. The lowest BCUT2D eigenvalue weighted by Gasteiger charge is -2.17. The summed E-state index contributed by atoms with van der Waals surface area (Å²) in [5.74, 6) is 3.01. The summed E-state index contributed by atoms with van der Waals surface area (Å²) in [6.07, 6.45) is 0. The second-order valence-corrected chi connectivity index (χ2v) is 6.64. The van der Waals surface area contributed by atoms with E-state index in [-0.39, 0.29) is 13.6 Å². The van der Waals surface area contributed by atoms with Crippen molar-refractivity contribution in [2.75, 3.05) is 13.6 Å². The molecular formula is C20H15ClO4. The van der Waals surface area contributed by atoms with Gasteiger partial charge in [0.15, 0.2) is 23.0 Å². The summed E-state index contributed by atoms with van der Waals surface area (Å²) in [6.45, 7) is 4.63. The van der Waals surface area contributed by atoms with Crippen LogP contribution >= 0.6 is 11.6 Å². The van der Waals surface area contributed by atoms with Crippen LogP contribution in [0.15, 0.2) is 30.3 Å². The molecule has 0 radical (unpaired) electrons. The van der Waals surface area contributed by atoms with Gasteiger partial charge in [-0.2, -0.15) is 0 Å². The Balaban J connectivity index is 1.85. The second-order valence-electron chi connectivity index (χ2n) is 6.26. The number of benzene rings is 3. The minimum Gasteiger partial charge on any atom is -0.454 e. The van der Waals surface area contributed by atoms with E-state index >= 15 is 0 Å². The van der Waals surface area contributed by atoms with Gasteiger partial charge in [-0.15, -0.1) is 0 Å². The second kappa shape index (κ2) is 5.20. The normalized spacial score (nSPS) is 14.4. The molecule has 5 heteroatoms. The van der Waals surface area contributed by atoms with Crippen LogP contribution in [0.5, 0.6) is 23.0 Å². The number of rotatable bonds is 1. The number of hydrogen-bond donors (Lipinski definition) is 0. The first kappa shape index (κ1) is 14.7. The minimum atomic E-state index is 0.237. The van der Waals surface area contributed by atoms with Gasteiger partial charge in [-0.1, -0.05) is 17.7 Å². The van der Waals surface area contributed by atoms with Gasteiger partial charge in [0.1, 0.15) is 0 Å². The molecular weight excluding hydrogens is 340 g/mol. The highest BCUT2D eigenvalue weighted by atomic mass is 35.5. The van der Waals surface area contributed by atoms with Crippen molar-refractivity contribution in [1.82, 2.24) is 0 Å². The van der Waals surface area contributed by atoms with E-state index in [0.717, 1.165) is 61.0 Å². The lowest BCUT2D eigenvalue weighted by atomic mass is 9.90. The van der Waals surface area contributed by atoms with E-state index in [1.165, 1.54) is 0 Å². The summed E-state index contributed by atoms with van der Waals surface area (Å²) in [7, 11) is 0. The quantitative estimate of drug-likeness (QED) is 0.599. The van der Waals surface area contributed by atoms with Gasteiger partial charge in [-0.25, -0.2) is 0 Å². The van der Waals surface area contributed by atoms with Crippen molar-refractivity contribution in [3.05, 3.63) is 46.5 Å². The van der Waals surface area contributed by atoms with Crippen LogP contribution in [-0.4, -0.2) is 13.6 Å². The molecule has 0 unspecified atom stereocenters. The molecule has 2 heterocycles. The summed E-state index contributed by atoms with van der Waals surface area (Å²) in [6, 6.07) is 9.98. The van der Waals surface area contributed by atoms with Crippen molar-refractivity contribution >= 4 is 22.4 Å². The molecule has 25 heavy (non-hydrogen) atoms. The Hall–Kier alpha value is -2.59. The van der Waals surface area contributed by atoms with Crippen LogP contribution in [0.25, 0.3) is 21.9 Å². The van der Waals surface area contributed by atoms with Crippen molar-refractivity contribution in [1.29, 1.82) is 0 Å². The molecule has 0 atom stereocenters. The monoisotopic (exact) mass is 354 g/mol. The van der Waals surface area contributed by atoms with Gasteiger partial charge in [-0.05, 0) is 65.8 Å². The Bertz CT molecular complexity index is 1040. The van der Waals surface area contributed by atoms with Crippen molar-refractivity contribution in [2.45, 2.75) is 13.8 Å². The Kier molecular flexibility index (Phi) is 3.06. The van der Waals surface area contributed by atoms with Crippen LogP contribution in [0.3, 0.4) is 0 Å². The third-order valence-electron chi connectivity index (χ3n) is 4.95. The van der Waals surface area contributed by atoms with Gasteiger partial charge >= 0.3 is 0 Å². The van der Waals surface area contributed by atoms with Crippen LogP contribution < -0.4 is 18.9 Å². The molecule has 0 saturated carbocycles. The Morgan fingerprint density at radius 2 is 1.32 bits per heavy atom. The molecule has 2 aliphatic heterocycles. The van der Waals surface area contributed by atoms with Crippen molar-refractivity contribution in [3.63, 3.8) is 0 Å². The molecule has 0 aromatic heterocycles. The zero-order valence-electron chi connectivity index (χ0n) is 13.8. The molecule has 3 aromatic carbocycles. The number of halogens is 1. The van der Waals surface area contributed by atoms with Gasteiger partial charge in [-0.3, -0.25) is 0 Å². The predicted molar refractivity (Wildman–Crippen MR) is 96.1 cm³/mol. The predicted octanol–water partition coefficient (Wildman–Crippen LogP) is 5.23. The van der Waals surface area contributed by atoms with Crippen molar-refractivity contribution in [3.8, 4) is 34.1 Å². The topological polar surface area (TPSA) is 36.9 Å². The third-order valence-corrected chi connectivity index (χ3v) is 5.43. The molecule has 3 aromatic rings. The smallest absolute Gasteiger partial charge is 0.231 e. The van der Waals surface area contributed by atoms with Gasteiger partial charge in [0.25, 0.3) is 0 Å². The lowest BCUT2D eigenvalue weighted by molar-refractivity contribution is 0.173. The Morgan fingerprint density at radius 3 is 2.04 bits per heavy atom. The fraction of sp³-hybridized carbons (Fsp3) is 0.200. The molecule has 4 nitrogen and oxygen atoms in total. The van der Waals surface area contributed by atoms with E-state index in [1.54, 1.807) is 0 Å². The van der Waals surface area contributed by atoms with E-state index in [4.69, 9.17) is 30.5 Å². The van der Waals surface area contributed by atoms with Gasteiger partial charge in [0.2, 0.25) is 13.6 Å². The largest absolute Gasteiger partial charge is 0.454 e. The highest BCUT2D eigenvalue weighted by Crippen LogP contribution is 2.46. The lowest BCUT2D eigenvalue weighted by Crippen LogP contribution is -1.93. The minimum absolute atomic E-state index is 0.237. The molecule has 0 N–H and O–H groups in total. The van der Waals surface area contributed by atoms with E-state index < -0.39 is 0 Å². The van der Waals surface area contributed by atoms with Crippen LogP contribution in [0.1, 0.15) is 11.1 Å². The molecule has 0 amide bonds. The van der Waals surface area contributed by atoms with E-state index in [1.807, 2.05) is 37.3 Å². The first-order valence-electron chi connectivity index (χ1n) is 8.05. The van der Waals surface area contributed by atoms with Gasteiger partial charge < -0.3 is 18.9 Å². The van der Waals surface area contributed by atoms with Crippen molar-refractivity contribution in [2.24, 2.45) is 0 Å². The highest BCUT2D eigenvalue weighted by molar-refractivity contribution is 6.37. The standard InChI is InChI=1S/C20H15ClO4/c1-10-11(2)20(21)14-7-18-17(24-9-25-18)6-13(14)19(10)12-3-4-15-16(5-12)23-8-22-15/h3-7H,8-9H2,1-2H3. The molecule has 5 rings (SSSR count). The van der Waals surface area contributed by atoms with Crippen LogP contribution in [0.2, 0.25) is 5.02 Å². The fourth-order valence-electron chi connectivity index (χ4n) is 3.51. The summed E-state index contributed by atoms with van der Waals surface area (Å²) in [5, 5.41) is 2.74. The maximum atomic E-state index is 6.65. The summed E-state index contributed by atoms with van der Waals surface area (Å²) in [5.41, 5.74) is 4.37. The summed E-state index contributed by atoms with van der Waals surface area (Å²) in [4.78, 5) is 0. The first-order chi connectivity index (χ1) is 12.1. The molecule has 126 valence electrons. The van der Waals surface area contributed by atoms with Gasteiger partial charge in [0.05, 0.1) is 5.02 Å². The third kappa shape index (κ3) is 2.07. The van der Waals surface area contributed by atoms with E-state index in [9.17, 15) is 0 Å². The SMILES string of the molecule is Cc1c(C)c(-c2ccc3c(c2)OCO3)c2cc3c(cc2c1Cl)OCO3. The van der Waals surface area contributed by atoms with E-state index in [2.05, 4.69) is 6.92 Å². The molecule has 0 fully saturated rings. The fourth-order valence-corrected chi connectivity index (χ4v) is 3.81. The molecule has 0 spiro atoms. The number of fused-ring (bicyclic) bond motifs is 3. The molecule has 0 bridgehead atoms. The molecule has 0 saturated heterocycles. The first-order valence-corrected chi connectivity index (χ1v) is 8.43. The maximum absolute atomic E-state index is 6.65. The summed E-state index contributed by atoms with van der Waals surface area (Å²) >= 11 is 6.65. The zero-order valence-corrected chi connectivity index (χ0v) is 14.6. The highest BCUT2D eigenvalue weighted by Gasteiger charge is 2.22. The average Bonchev–Trinajstić information content (AvgIpc) is 3.26. The van der Waals surface area contributed by atoms with E-state index in [0.29, 0.717) is 0 Å². The number of ether oxygens (including phenoxy) is 4.